The molecule has 19 heavy (non-hydrogen) atoms. The number of rotatable bonds is 2. The Morgan fingerprint density at radius 1 is 1.11 bits per heavy atom. The molecular formula is C16H13BrFN. The summed E-state index contributed by atoms with van der Waals surface area (Å²) in [7, 11) is 0. The summed E-state index contributed by atoms with van der Waals surface area (Å²) in [5, 5.41) is 0. The van der Waals surface area contributed by atoms with E-state index >= 15 is 0 Å². The SMILES string of the molecule is Fc1ccc2c(c1)C=CC(Br)N2Cc1ccccc1. The highest BCUT2D eigenvalue weighted by molar-refractivity contribution is 9.09. The van der Waals surface area contributed by atoms with Crippen molar-refractivity contribution in [2.24, 2.45) is 0 Å². The second kappa shape index (κ2) is 5.17. The lowest BCUT2D eigenvalue weighted by Gasteiger charge is -2.32. The summed E-state index contributed by atoms with van der Waals surface area (Å²) < 4.78 is 13.3. The summed E-state index contributed by atoms with van der Waals surface area (Å²) in [5.41, 5.74) is 3.21. The van der Waals surface area contributed by atoms with Gasteiger partial charge in [-0.25, -0.2) is 4.39 Å². The molecule has 2 aromatic rings. The number of nitrogens with zero attached hydrogens (tertiary/aromatic N) is 1. The van der Waals surface area contributed by atoms with Gasteiger partial charge in [0.15, 0.2) is 0 Å². The van der Waals surface area contributed by atoms with Crippen LogP contribution in [0.25, 0.3) is 6.08 Å². The molecule has 0 amide bonds. The third-order valence-electron chi connectivity index (χ3n) is 3.23. The molecule has 1 heterocycles. The minimum Gasteiger partial charge on any atom is -0.351 e. The first-order valence-electron chi connectivity index (χ1n) is 6.16. The van der Waals surface area contributed by atoms with Gasteiger partial charge in [0.2, 0.25) is 0 Å². The molecule has 0 spiro atoms. The Labute approximate surface area is 120 Å². The Balaban J connectivity index is 1.95. The standard InChI is InChI=1S/C16H13BrFN/c17-16-9-6-13-10-14(18)7-8-15(13)19(16)11-12-4-2-1-3-5-12/h1-10,16H,11H2. The fourth-order valence-electron chi connectivity index (χ4n) is 2.29. The molecule has 1 nitrogen and oxygen atoms in total. The fraction of sp³-hybridized carbons (Fsp3) is 0.125. The van der Waals surface area contributed by atoms with E-state index in [2.05, 4.69) is 33.0 Å². The lowest BCUT2D eigenvalue weighted by Crippen LogP contribution is -2.31. The van der Waals surface area contributed by atoms with Crippen molar-refractivity contribution >= 4 is 27.7 Å². The average Bonchev–Trinajstić information content (AvgIpc) is 2.43. The van der Waals surface area contributed by atoms with Crippen molar-refractivity contribution in [1.29, 1.82) is 0 Å². The maximum absolute atomic E-state index is 13.3. The minimum absolute atomic E-state index is 0.130. The summed E-state index contributed by atoms with van der Waals surface area (Å²) in [6.07, 6.45) is 3.99. The van der Waals surface area contributed by atoms with Crippen LogP contribution < -0.4 is 4.90 Å². The van der Waals surface area contributed by atoms with Gasteiger partial charge in [-0.15, -0.1) is 0 Å². The molecule has 2 aromatic carbocycles. The number of fused-ring (bicyclic) bond motifs is 1. The van der Waals surface area contributed by atoms with Gasteiger partial charge in [0.25, 0.3) is 0 Å². The molecule has 0 saturated heterocycles. The molecule has 3 rings (SSSR count). The van der Waals surface area contributed by atoms with Crippen LogP contribution in [0, 0.1) is 5.82 Å². The van der Waals surface area contributed by atoms with E-state index in [1.165, 1.54) is 11.6 Å². The third kappa shape index (κ3) is 2.56. The first-order chi connectivity index (χ1) is 9.24. The molecule has 0 fully saturated rings. The van der Waals surface area contributed by atoms with Gasteiger partial charge in [-0.2, -0.15) is 0 Å². The van der Waals surface area contributed by atoms with E-state index in [1.54, 1.807) is 6.07 Å². The van der Waals surface area contributed by atoms with Crippen molar-refractivity contribution in [2.75, 3.05) is 4.90 Å². The Hall–Kier alpha value is -1.61. The zero-order valence-electron chi connectivity index (χ0n) is 10.3. The van der Waals surface area contributed by atoms with Crippen LogP contribution in [-0.4, -0.2) is 4.95 Å². The predicted octanol–water partition coefficient (Wildman–Crippen LogP) is 4.58. The van der Waals surface area contributed by atoms with Gasteiger partial charge in [-0.05, 0) is 23.8 Å². The largest absolute Gasteiger partial charge is 0.351 e. The molecule has 1 unspecified atom stereocenters. The molecule has 1 atom stereocenters. The topological polar surface area (TPSA) is 3.24 Å². The summed E-state index contributed by atoms with van der Waals surface area (Å²) >= 11 is 3.65. The number of hydrogen-bond acceptors (Lipinski definition) is 1. The molecule has 1 aliphatic rings. The quantitative estimate of drug-likeness (QED) is 0.579. The first kappa shape index (κ1) is 12.4. The summed E-state index contributed by atoms with van der Waals surface area (Å²) in [6.45, 7) is 0.791. The fourth-order valence-corrected chi connectivity index (χ4v) is 2.81. The predicted molar refractivity (Wildman–Crippen MR) is 80.8 cm³/mol. The molecule has 1 aliphatic heterocycles. The van der Waals surface area contributed by atoms with Gasteiger partial charge in [-0.3, -0.25) is 0 Å². The van der Waals surface area contributed by atoms with Crippen molar-refractivity contribution in [3.8, 4) is 0 Å². The van der Waals surface area contributed by atoms with Crippen LogP contribution in [0.5, 0.6) is 0 Å². The van der Waals surface area contributed by atoms with E-state index in [1.807, 2.05) is 36.4 Å². The molecule has 0 radical (unpaired) electrons. The second-order valence-corrected chi connectivity index (χ2v) is 5.49. The van der Waals surface area contributed by atoms with Crippen LogP contribution in [0.3, 0.4) is 0 Å². The van der Waals surface area contributed by atoms with E-state index in [9.17, 15) is 4.39 Å². The van der Waals surface area contributed by atoms with Crippen molar-refractivity contribution in [1.82, 2.24) is 0 Å². The molecule has 96 valence electrons. The third-order valence-corrected chi connectivity index (χ3v) is 4.03. The lowest BCUT2D eigenvalue weighted by molar-refractivity contribution is 0.627. The Kier molecular flexibility index (Phi) is 3.38. The molecule has 0 aromatic heterocycles. The van der Waals surface area contributed by atoms with Crippen molar-refractivity contribution in [3.63, 3.8) is 0 Å². The Morgan fingerprint density at radius 3 is 2.68 bits per heavy atom. The minimum atomic E-state index is -0.198. The second-order valence-electron chi connectivity index (χ2n) is 4.55. The van der Waals surface area contributed by atoms with E-state index in [0.717, 1.165) is 17.8 Å². The smallest absolute Gasteiger partial charge is 0.123 e. The van der Waals surface area contributed by atoms with E-state index in [-0.39, 0.29) is 10.8 Å². The van der Waals surface area contributed by atoms with Crippen molar-refractivity contribution < 1.29 is 4.39 Å². The van der Waals surface area contributed by atoms with E-state index in [0.29, 0.717) is 0 Å². The van der Waals surface area contributed by atoms with Crippen molar-refractivity contribution in [2.45, 2.75) is 11.5 Å². The maximum atomic E-state index is 13.3. The van der Waals surface area contributed by atoms with Crippen LogP contribution in [0.2, 0.25) is 0 Å². The molecule has 0 bridgehead atoms. The highest BCUT2D eigenvalue weighted by atomic mass is 79.9. The maximum Gasteiger partial charge on any atom is 0.123 e. The number of anilines is 1. The van der Waals surface area contributed by atoms with Gasteiger partial charge < -0.3 is 4.90 Å². The van der Waals surface area contributed by atoms with Gasteiger partial charge in [0.1, 0.15) is 10.8 Å². The highest BCUT2D eigenvalue weighted by Crippen LogP contribution is 2.32. The van der Waals surface area contributed by atoms with Crippen LogP contribution in [-0.2, 0) is 6.54 Å². The van der Waals surface area contributed by atoms with Gasteiger partial charge in [-0.1, -0.05) is 58.4 Å². The molecule has 0 saturated carbocycles. The number of alkyl halides is 1. The zero-order valence-corrected chi connectivity index (χ0v) is 11.8. The van der Waals surface area contributed by atoms with Gasteiger partial charge in [0, 0.05) is 17.8 Å². The molecule has 0 aliphatic carbocycles. The molecule has 0 N–H and O–H groups in total. The van der Waals surface area contributed by atoms with E-state index in [4.69, 9.17) is 0 Å². The van der Waals surface area contributed by atoms with Crippen LogP contribution in [0.15, 0.2) is 54.6 Å². The van der Waals surface area contributed by atoms with E-state index < -0.39 is 0 Å². The zero-order chi connectivity index (χ0) is 13.2. The Morgan fingerprint density at radius 2 is 1.89 bits per heavy atom. The monoisotopic (exact) mass is 317 g/mol. The van der Waals surface area contributed by atoms with Crippen LogP contribution in [0.1, 0.15) is 11.1 Å². The average molecular weight is 318 g/mol. The van der Waals surface area contributed by atoms with Gasteiger partial charge in [0.05, 0.1) is 0 Å². The molecular weight excluding hydrogens is 305 g/mol. The highest BCUT2D eigenvalue weighted by Gasteiger charge is 2.20. The lowest BCUT2D eigenvalue weighted by atomic mass is 10.1. The summed E-state index contributed by atoms with van der Waals surface area (Å²) in [5.74, 6) is -0.198. The Bertz CT molecular complexity index is 609. The number of hydrogen-bond donors (Lipinski definition) is 0. The number of benzene rings is 2. The summed E-state index contributed by atoms with van der Waals surface area (Å²) in [6, 6.07) is 15.2. The normalized spacial score (nSPS) is 17.4. The van der Waals surface area contributed by atoms with Crippen LogP contribution >= 0.6 is 15.9 Å². The van der Waals surface area contributed by atoms with Crippen LogP contribution in [0.4, 0.5) is 10.1 Å². The number of halogens is 2. The summed E-state index contributed by atoms with van der Waals surface area (Å²) in [4.78, 5) is 2.34. The molecule has 3 heteroatoms. The first-order valence-corrected chi connectivity index (χ1v) is 7.08. The van der Waals surface area contributed by atoms with Gasteiger partial charge >= 0.3 is 0 Å². The van der Waals surface area contributed by atoms with Crippen molar-refractivity contribution in [3.05, 3.63) is 71.6 Å².